The van der Waals surface area contributed by atoms with Crippen molar-refractivity contribution in [3.63, 3.8) is 0 Å². The third-order valence-electron chi connectivity index (χ3n) is 2.18. The lowest BCUT2D eigenvalue weighted by atomic mass is 10.2. The maximum absolute atomic E-state index is 5.66. The summed E-state index contributed by atoms with van der Waals surface area (Å²) < 4.78 is 12.4. The van der Waals surface area contributed by atoms with Gasteiger partial charge in [-0.3, -0.25) is 0 Å². The molecular weight excluding hydrogens is 287 g/mol. The molecule has 0 bridgehead atoms. The Morgan fingerprint density at radius 1 is 1.12 bits per heavy atom. The average molecular weight is 305 g/mol. The first-order chi connectivity index (χ1) is 7.69. The highest BCUT2D eigenvalue weighted by Gasteiger charge is 2.20. The molecule has 0 fully saturated rings. The molecule has 0 heterocycles. The minimum Gasteiger partial charge on any atom is -0.334 e. The molecule has 0 aliphatic rings. The van der Waals surface area contributed by atoms with Crippen molar-refractivity contribution in [1.29, 1.82) is 0 Å². The van der Waals surface area contributed by atoms with Crippen LogP contribution >= 0.6 is 24.3 Å². The molecule has 0 aliphatic heterocycles. The maximum atomic E-state index is 5.66. The summed E-state index contributed by atoms with van der Waals surface area (Å²) in [7, 11) is -0.823. The van der Waals surface area contributed by atoms with E-state index in [1.54, 1.807) is 0 Å². The normalized spacial score (nSPS) is 13.1. The summed E-state index contributed by atoms with van der Waals surface area (Å²) in [4.78, 5) is 0. The van der Waals surface area contributed by atoms with E-state index in [0.29, 0.717) is 18.9 Å². The standard InChI is InChI=1S/C12H18BrO2P/c1-4-14-16(15-5-2)10(3)11-6-8-12(13)9-7-11/h6-10H,4-5H2,1-3H3. The Morgan fingerprint density at radius 2 is 1.62 bits per heavy atom. The predicted octanol–water partition coefficient (Wildman–Crippen LogP) is 4.90. The minimum absolute atomic E-state index is 0.308. The molecule has 0 saturated heterocycles. The molecule has 1 rings (SSSR count). The van der Waals surface area contributed by atoms with Gasteiger partial charge in [0.1, 0.15) is 0 Å². The van der Waals surface area contributed by atoms with E-state index in [-0.39, 0.29) is 0 Å². The van der Waals surface area contributed by atoms with Crippen LogP contribution in [-0.2, 0) is 9.05 Å². The van der Waals surface area contributed by atoms with Crippen molar-refractivity contribution in [2.75, 3.05) is 13.2 Å². The second-order valence-electron chi connectivity index (χ2n) is 3.35. The Labute approximate surface area is 107 Å². The second-order valence-corrected chi connectivity index (χ2v) is 6.13. The van der Waals surface area contributed by atoms with Crippen LogP contribution < -0.4 is 0 Å². The SMILES string of the molecule is CCOP(OCC)C(C)c1ccc(Br)cc1. The van der Waals surface area contributed by atoms with Crippen molar-refractivity contribution in [2.45, 2.75) is 26.4 Å². The highest BCUT2D eigenvalue weighted by Crippen LogP contribution is 2.52. The zero-order valence-corrected chi connectivity index (χ0v) is 12.4. The summed E-state index contributed by atoms with van der Waals surface area (Å²) in [6, 6.07) is 8.33. The zero-order chi connectivity index (χ0) is 12.0. The van der Waals surface area contributed by atoms with Crippen molar-refractivity contribution in [3.8, 4) is 0 Å². The summed E-state index contributed by atoms with van der Waals surface area (Å²) in [6.07, 6.45) is 0. The molecule has 0 aliphatic carbocycles. The van der Waals surface area contributed by atoms with Crippen LogP contribution in [0.4, 0.5) is 0 Å². The summed E-state index contributed by atoms with van der Waals surface area (Å²) in [5.74, 6) is 0. The topological polar surface area (TPSA) is 18.5 Å². The Bertz CT molecular complexity index is 296. The van der Waals surface area contributed by atoms with Crippen molar-refractivity contribution in [3.05, 3.63) is 34.3 Å². The van der Waals surface area contributed by atoms with Crippen molar-refractivity contribution in [1.82, 2.24) is 0 Å². The fourth-order valence-electron chi connectivity index (χ4n) is 1.38. The van der Waals surface area contributed by atoms with E-state index in [9.17, 15) is 0 Å². The van der Waals surface area contributed by atoms with Crippen LogP contribution in [-0.4, -0.2) is 13.2 Å². The number of rotatable bonds is 6. The first kappa shape index (κ1) is 14.1. The highest BCUT2D eigenvalue weighted by atomic mass is 79.9. The smallest absolute Gasteiger partial charge is 0.178 e. The fourth-order valence-corrected chi connectivity index (χ4v) is 3.09. The Kier molecular flexibility index (Phi) is 6.52. The summed E-state index contributed by atoms with van der Waals surface area (Å²) in [5, 5.41) is 0. The molecule has 16 heavy (non-hydrogen) atoms. The molecule has 0 radical (unpaired) electrons. The van der Waals surface area contributed by atoms with E-state index < -0.39 is 8.38 Å². The number of hydrogen-bond acceptors (Lipinski definition) is 2. The molecule has 0 spiro atoms. The summed E-state index contributed by atoms with van der Waals surface area (Å²) in [6.45, 7) is 7.56. The van der Waals surface area contributed by atoms with Crippen molar-refractivity contribution < 1.29 is 9.05 Å². The molecule has 0 amide bonds. The molecule has 4 heteroatoms. The monoisotopic (exact) mass is 304 g/mol. The lowest BCUT2D eigenvalue weighted by Gasteiger charge is -2.22. The molecule has 1 aromatic carbocycles. The summed E-state index contributed by atoms with van der Waals surface area (Å²) >= 11 is 3.44. The Morgan fingerprint density at radius 3 is 2.06 bits per heavy atom. The van der Waals surface area contributed by atoms with E-state index in [2.05, 4.69) is 47.1 Å². The van der Waals surface area contributed by atoms with Gasteiger partial charge in [-0.05, 0) is 38.5 Å². The Hall–Kier alpha value is 0.0500. The van der Waals surface area contributed by atoms with Gasteiger partial charge >= 0.3 is 0 Å². The van der Waals surface area contributed by atoms with Crippen LogP contribution in [0, 0.1) is 0 Å². The maximum Gasteiger partial charge on any atom is 0.178 e. The van der Waals surface area contributed by atoms with Gasteiger partial charge in [0, 0.05) is 4.47 Å². The van der Waals surface area contributed by atoms with Gasteiger partial charge in [0.2, 0.25) is 0 Å². The van der Waals surface area contributed by atoms with Crippen LogP contribution in [0.1, 0.15) is 32.0 Å². The molecule has 2 nitrogen and oxygen atoms in total. The minimum atomic E-state index is -0.823. The zero-order valence-electron chi connectivity index (χ0n) is 9.94. The van der Waals surface area contributed by atoms with Gasteiger partial charge < -0.3 is 9.05 Å². The second kappa shape index (κ2) is 7.39. The first-order valence-electron chi connectivity index (χ1n) is 5.49. The van der Waals surface area contributed by atoms with Gasteiger partial charge in [-0.1, -0.05) is 28.1 Å². The third kappa shape index (κ3) is 4.14. The van der Waals surface area contributed by atoms with E-state index in [0.717, 1.165) is 4.47 Å². The van der Waals surface area contributed by atoms with E-state index in [1.165, 1.54) is 5.56 Å². The van der Waals surface area contributed by atoms with Crippen LogP contribution in [0.5, 0.6) is 0 Å². The molecule has 1 atom stereocenters. The van der Waals surface area contributed by atoms with Crippen molar-refractivity contribution >= 4 is 24.3 Å². The number of hydrogen-bond donors (Lipinski definition) is 0. The largest absolute Gasteiger partial charge is 0.334 e. The van der Waals surface area contributed by atoms with Crippen molar-refractivity contribution in [2.24, 2.45) is 0 Å². The van der Waals surface area contributed by atoms with Gasteiger partial charge in [0.15, 0.2) is 8.38 Å². The molecule has 0 N–H and O–H groups in total. The molecule has 90 valence electrons. The van der Waals surface area contributed by atoms with E-state index in [4.69, 9.17) is 9.05 Å². The first-order valence-corrected chi connectivity index (χ1v) is 7.53. The van der Waals surface area contributed by atoms with Gasteiger partial charge in [-0.2, -0.15) is 0 Å². The molecule has 0 saturated carbocycles. The van der Waals surface area contributed by atoms with E-state index >= 15 is 0 Å². The molecule has 0 aromatic heterocycles. The number of benzene rings is 1. The predicted molar refractivity (Wildman–Crippen MR) is 72.7 cm³/mol. The van der Waals surface area contributed by atoms with Gasteiger partial charge in [-0.25, -0.2) is 0 Å². The van der Waals surface area contributed by atoms with Gasteiger partial charge in [0.05, 0.1) is 18.9 Å². The molecular formula is C12H18BrO2P. The van der Waals surface area contributed by atoms with Gasteiger partial charge in [0.25, 0.3) is 0 Å². The lowest BCUT2D eigenvalue weighted by molar-refractivity contribution is 0.263. The molecule has 1 aromatic rings. The summed E-state index contributed by atoms with van der Waals surface area (Å²) in [5.41, 5.74) is 1.57. The van der Waals surface area contributed by atoms with Crippen LogP contribution in [0.3, 0.4) is 0 Å². The van der Waals surface area contributed by atoms with Gasteiger partial charge in [-0.15, -0.1) is 0 Å². The number of halogens is 1. The van der Waals surface area contributed by atoms with Crippen LogP contribution in [0.2, 0.25) is 0 Å². The van der Waals surface area contributed by atoms with E-state index in [1.807, 2.05) is 13.8 Å². The molecule has 1 unspecified atom stereocenters. The lowest BCUT2D eigenvalue weighted by Crippen LogP contribution is -1.99. The highest BCUT2D eigenvalue weighted by molar-refractivity contribution is 9.10. The van der Waals surface area contributed by atoms with Crippen LogP contribution in [0.25, 0.3) is 0 Å². The van der Waals surface area contributed by atoms with Crippen LogP contribution in [0.15, 0.2) is 28.7 Å². The average Bonchev–Trinajstić information content (AvgIpc) is 2.29. The third-order valence-corrected chi connectivity index (χ3v) is 4.67. The Balaban J connectivity index is 2.72. The fraction of sp³-hybridized carbons (Fsp3) is 0.500. The quantitative estimate of drug-likeness (QED) is 0.696.